The normalized spacial score (nSPS) is 18.5. The van der Waals surface area contributed by atoms with E-state index in [4.69, 9.17) is 0 Å². The number of aromatic nitrogens is 4. The van der Waals surface area contributed by atoms with Gasteiger partial charge in [-0.1, -0.05) is 12.1 Å². The Balaban J connectivity index is 1.70. The Bertz CT molecular complexity index is 980. The minimum Gasteiger partial charge on any atom is -0.363 e. The summed E-state index contributed by atoms with van der Waals surface area (Å²) in [6.07, 6.45) is -0.532. The third-order valence-corrected chi connectivity index (χ3v) is 5.12. The number of nitrogens with one attached hydrogen (secondary N) is 1. The van der Waals surface area contributed by atoms with Gasteiger partial charge in [0.15, 0.2) is 5.82 Å². The van der Waals surface area contributed by atoms with Crippen LogP contribution in [0.15, 0.2) is 30.5 Å². The number of nitrogens with zero attached hydrogens (tertiary/aromatic N) is 5. The van der Waals surface area contributed by atoms with Gasteiger partial charge in [-0.15, -0.1) is 10.2 Å². The SMILES string of the molecule is CN1CCC[C@@H](Nc2nnc(-c3ccc(C(F)(F)F)cc3)c3cnn(C)c23)C1. The minimum atomic E-state index is -4.37. The first kappa shape index (κ1) is 18.7. The number of anilines is 1. The van der Waals surface area contributed by atoms with Crippen LogP contribution in [0.25, 0.3) is 22.2 Å². The Hall–Kier alpha value is -2.68. The highest BCUT2D eigenvalue weighted by Crippen LogP contribution is 2.33. The molecule has 0 radical (unpaired) electrons. The van der Waals surface area contributed by atoms with E-state index in [0.29, 0.717) is 17.1 Å². The summed E-state index contributed by atoms with van der Waals surface area (Å²) in [4.78, 5) is 2.27. The lowest BCUT2D eigenvalue weighted by Gasteiger charge is -2.30. The van der Waals surface area contributed by atoms with Crippen LogP contribution in [-0.4, -0.2) is 51.1 Å². The van der Waals surface area contributed by atoms with Gasteiger partial charge in [-0.05, 0) is 38.6 Å². The van der Waals surface area contributed by atoms with Crippen LogP contribution in [0.3, 0.4) is 0 Å². The number of rotatable bonds is 3. The molecule has 3 aromatic rings. The molecule has 28 heavy (non-hydrogen) atoms. The number of hydrogen-bond donors (Lipinski definition) is 1. The van der Waals surface area contributed by atoms with Crippen molar-refractivity contribution in [2.45, 2.75) is 25.1 Å². The van der Waals surface area contributed by atoms with Crippen molar-refractivity contribution in [3.63, 3.8) is 0 Å². The van der Waals surface area contributed by atoms with E-state index in [9.17, 15) is 13.2 Å². The van der Waals surface area contributed by atoms with Gasteiger partial charge in [0, 0.05) is 25.2 Å². The molecule has 0 unspecified atom stereocenters. The van der Waals surface area contributed by atoms with Gasteiger partial charge in [0.25, 0.3) is 0 Å². The Morgan fingerprint density at radius 2 is 1.86 bits per heavy atom. The van der Waals surface area contributed by atoms with Crippen molar-refractivity contribution in [2.75, 3.05) is 25.5 Å². The lowest BCUT2D eigenvalue weighted by atomic mass is 10.1. The molecule has 1 atom stereocenters. The Morgan fingerprint density at radius 1 is 1.11 bits per heavy atom. The van der Waals surface area contributed by atoms with Crippen LogP contribution in [0.4, 0.5) is 19.0 Å². The minimum absolute atomic E-state index is 0.267. The summed E-state index contributed by atoms with van der Waals surface area (Å²) < 4.78 is 40.2. The van der Waals surface area contributed by atoms with Gasteiger partial charge in [-0.3, -0.25) is 4.68 Å². The second kappa shape index (κ2) is 7.05. The largest absolute Gasteiger partial charge is 0.416 e. The highest BCUT2D eigenvalue weighted by atomic mass is 19.4. The zero-order valence-electron chi connectivity index (χ0n) is 15.7. The van der Waals surface area contributed by atoms with Crippen LogP contribution >= 0.6 is 0 Å². The number of fused-ring (bicyclic) bond motifs is 1. The molecule has 0 aliphatic carbocycles. The topological polar surface area (TPSA) is 58.9 Å². The summed E-state index contributed by atoms with van der Waals surface area (Å²) in [6.45, 7) is 2.00. The monoisotopic (exact) mass is 390 g/mol. The number of likely N-dealkylation sites (tertiary alicyclic amines) is 1. The van der Waals surface area contributed by atoms with Crippen LogP contribution < -0.4 is 5.32 Å². The first-order valence-corrected chi connectivity index (χ1v) is 9.14. The molecule has 6 nitrogen and oxygen atoms in total. The van der Waals surface area contributed by atoms with E-state index in [1.165, 1.54) is 12.1 Å². The molecule has 1 saturated heterocycles. The molecule has 9 heteroatoms. The number of aryl methyl sites for hydroxylation is 1. The molecule has 1 aliphatic rings. The van der Waals surface area contributed by atoms with E-state index in [1.807, 2.05) is 7.05 Å². The Labute approximate surface area is 160 Å². The smallest absolute Gasteiger partial charge is 0.363 e. The zero-order chi connectivity index (χ0) is 19.9. The van der Waals surface area contributed by atoms with Crippen molar-refractivity contribution in [3.05, 3.63) is 36.0 Å². The second-order valence-electron chi connectivity index (χ2n) is 7.25. The summed E-state index contributed by atoms with van der Waals surface area (Å²) in [5.74, 6) is 0.644. The van der Waals surface area contributed by atoms with Gasteiger partial charge in [0.2, 0.25) is 0 Å². The second-order valence-corrected chi connectivity index (χ2v) is 7.25. The van der Waals surface area contributed by atoms with Crippen LogP contribution in [0, 0.1) is 0 Å². The van der Waals surface area contributed by atoms with E-state index in [-0.39, 0.29) is 6.04 Å². The number of halogens is 3. The number of piperidine rings is 1. The first-order chi connectivity index (χ1) is 13.3. The highest BCUT2D eigenvalue weighted by molar-refractivity contribution is 5.97. The van der Waals surface area contributed by atoms with Gasteiger partial charge in [0.05, 0.1) is 17.1 Å². The standard InChI is InChI=1S/C19H21F3N6/c1-27-9-3-4-14(11-27)24-18-17-15(10-23-28(17)2)16(25-26-18)12-5-7-13(8-6-12)19(20,21)22/h5-8,10,14H,3-4,9,11H2,1-2H3,(H,24,26)/t14-/m1/s1. The molecule has 2 aromatic heterocycles. The maximum absolute atomic E-state index is 12.8. The van der Waals surface area contributed by atoms with Crippen molar-refractivity contribution in [2.24, 2.45) is 7.05 Å². The predicted octanol–water partition coefficient (Wildman–Crippen LogP) is 3.56. The summed E-state index contributed by atoms with van der Waals surface area (Å²) in [6, 6.07) is 5.22. The van der Waals surface area contributed by atoms with Gasteiger partial charge < -0.3 is 10.2 Å². The molecular weight excluding hydrogens is 369 g/mol. The molecule has 0 amide bonds. The molecule has 148 valence electrons. The number of likely N-dealkylation sites (N-methyl/N-ethyl adjacent to an activating group) is 1. The third kappa shape index (κ3) is 3.54. The predicted molar refractivity (Wildman–Crippen MR) is 101 cm³/mol. The fraction of sp³-hybridized carbons (Fsp3) is 0.421. The molecule has 1 aliphatic heterocycles. The quantitative estimate of drug-likeness (QED) is 0.741. The van der Waals surface area contributed by atoms with Crippen LogP contribution in [0.2, 0.25) is 0 Å². The van der Waals surface area contributed by atoms with Crippen molar-refractivity contribution in [1.82, 2.24) is 24.9 Å². The van der Waals surface area contributed by atoms with Crippen molar-refractivity contribution in [1.29, 1.82) is 0 Å². The van der Waals surface area contributed by atoms with Crippen LogP contribution in [0.1, 0.15) is 18.4 Å². The average Bonchev–Trinajstić information content (AvgIpc) is 3.04. The molecule has 1 aromatic carbocycles. The molecule has 0 spiro atoms. The van der Waals surface area contributed by atoms with E-state index >= 15 is 0 Å². The maximum atomic E-state index is 12.8. The van der Waals surface area contributed by atoms with Crippen molar-refractivity contribution in [3.8, 4) is 11.3 Å². The number of benzene rings is 1. The fourth-order valence-corrected chi connectivity index (χ4v) is 3.70. The Kier molecular flexibility index (Phi) is 4.70. The lowest BCUT2D eigenvalue weighted by molar-refractivity contribution is -0.137. The molecular formula is C19H21F3N6. The highest BCUT2D eigenvalue weighted by Gasteiger charge is 2.30. The van der Waals surface area contributed by atoms with Gasteiger partial charge in [-0.25, -0.2) is 0 Å². The van der Waals surface area contributed by atoms with Gasteiger partial charge in [-0.2, -0.15) is 18.3 Å². The van der Waals surface area contributed by atoms with Gasteiger partial charge in [0.1, 0.15) is 11.2 Å². The maximum Gasteiger partial charge on any atom is 0.416 e. The van der Waals surface area contributed by atoms with E-state index < -0.39 is 11.7 Å². The summed E-state index contributed by atoms with van der Waals surface area (Å²) in [5, 5.41) is 17.2. The fourth-order valence-electron chi connectivity index (χ4n) is 3.70. The average molecular weight is 390 g/mol. The number of hydrogen-bond acceptors (Lipinski definition) is 5. The van der Waals surface area contributed by atoms with Crippen molar-refractivity contribution >= 4 is 16.7 Å². The van der Waals surface area contributed by atoms with Crippen molar-refractivity contribution < 1.29 is 13.2 Å². The molecule has 3 heterocycles. The summed E-state index contributed by atoms with van der Waals surface area (Å²) in [5.41, 5.74) is 1.19. The Morgan fingerprint density at radius 3 is 2.54 bits per heavy atom. The molecule has 1 fully saturated rings. The first-order valence-electron chi connectivity index (χ1n) is 9.14. The van der Waals surface area contributed by atoms with E-state index in [2.05, 4.69) is 32.6 Å². The molecule has 1 N–H and O–H groups in total. The summed E-state index contributed by atoms with van der Waals surface area (Å²) in [7, 11) is 3.91. The molecule has 0 bridgehead atoms. The summed E-state index contributed by atoms with van der Waals surface area (Å²) >= 11 is 0. The van der Waals surface area contributed by atoms with Crippen LogP contribution in [0.5, 0.6) is 0 Å². The lowest BCUT2D eigenvalue weighted by Crippen LogP contribution is -2.40. The van der Waals surface area contributed by atoms with E-state index in [1.54, 1.807) is 10.9 Å². The van der Waals surface area contributed by atoms with Crippen LogP contribution in [-0.2, 0) is 13.2 Å². The molecule has 4 rings (SSSR count). The van der Waals surface area contributed by atoms with Gasteiger partial charge >= 0.3 is 6.18 Å². The molecule has 0 saturated carbocycles. The number of alkyl halides is 3. The zero-order valence-corrected chi connectivity index (χ0v) is 15.7. The third-order valence-electron chi connectivity index (χ3n) is 5.12. The van der Waals surface area contributed by atoms with E-state index in [0.717, 1.165) is 49.0 Å².